The Morgan fingerprint density at radius 2 is 1.70 bits per heavy atom. The summed E-state index contributed by atoms with van der Waals surface area (Å²) in [5.41, 5.74) is -0.966. The largest absolute Gasteiger partial charge is 0.371 e. The third-order valence-electron chi connectivity index (χ3n) is 1.38. The van der Waals surface area contributed by atoms with E-state index in [-0.39, 0.29) is 0 Å². The first kappa shape index (κ1) is 9.30. The van der Waals surface area contributed by atoms with E-state index >= 15 is 0 Å². The Labute approximate surface area is 60.4 Å². The van der Waals surface area contributed by atoms with Gasteiger partial charge in [-0.1, -0.05) is 0 Å². The molecule has 0 aliphatic heterocycles. The Morgan fingerprint density at radius 1 is 1.30 bits per heavy atom. The molecule has 0 heterocycles. The summed E-state index contributed by atoms with van der Waals surface area (Å²) in [6, 6.07) is 0. The van der Waals surface area contributed by atoms with E-state index < -0.39 is 17.2 Å². The molecule has 0 aliphatic carbocycles. The van der Waals surface area contributed by atoms with Crippen molar-refractivity contribution in [3.63, 3.8) is 0 Å². The monoisotopic (exact) mass is 144 g/mol. The Kier molecular flexibility index (Phi) is 2.72. The minimum atomic E-state index is -0.966. The molecule has 0 aliphatic rings. The molecule has 0 saturated carbocycles. The van der Waals surface area contributed by atoms with Gasteiger partial charge < -0.3 is 4.74 Å². The molecule has 0 bridgehead atoms. The summed E-state index contributed by atoms with van der Waals surface area (Å²) in [6.07, 6.45) is 0. The van der Waals surface area contributed by atoms with E-state index in [9.17, 15) is 9.59 Å². The zero-order valence-corrected chi connectivity index (χ0v) is 6.72. The van der Waals surface area contributed by atoms with Crippen molar-refractivity contribution in [2.45, 2.75) is 26.4 Å². The number of hydrogen-bond donors (Lipinski definition) is 0. The van der Waals surface area contributed by atoms with E-state index in [1.807, 2.05) is 0 Å². The van der Waals surface area contributed by atoms with Crippen LogP contribution in [-0.2, 0) is 14.3 Å². The van der Waals surface area contributed by atoms with Crippen molar-refractivity contribution < 1.29 is 14.3 Å². The van der Waals surface area contributed by atoms with Crippen LogP contribution in [0.25, 0.3) is 0 Å². The lowest BCUT2D eigenvalue weighted by molar-refractivity contribution is -0.147. The summed E-state index contributed by atoms with van der Waals surface area (Å²) in [7, 11) is 1.40. The topological polar surface area (TPSA) is 43.4 Å². The van der Waals surface area contributed by atoms with Crippen LogP contribution in [-0.4, -0.2) is 24.3 Å². The third kappa shape index (κ3) is 1.92. The maximum atomic E-state index is 10.9. The van der Waals surface area contributed by atoms with Gasteiger partial charge in [0.1, 0.15) is 5.60 Å². The Bertz CT molecular complexity index is 158. The number of ketones is 2. The molecule has 0 spiro atoms. The molecule has 0 amide bonds. The van der Waals surface area contributed by atoms with Gasteiger partial charge in [-0.15, -0.1) is 0 Å². The number of carbonyl (C=O) groups excluding carboxylic acids is 2. The SMILES string of the molecule is COC(C)(C)C(=O)C(C)=O. The van der Waals surface area contributed by atoms with Gasteiger partial charge in [-0.25, -0.2) is 0 Å². The van der Waals surface area contributed by atoms with E-state index in [1.54, 1.807) is 13.8 Å². The summed E-state index contributed by atoms with van der Waals surface area (Å²) >= 11 is 0. The predicted octanol–water partition coefficient (Wildman–Crippen LogP) is 0.570. The van der Waals surface area contributed by atoms with Crippen LogP contribution in [0.15, 0.2) is 0 Å². The van der Waals surface area contributed by atoms with Gasteiger partial charge in [0.2, 0.25) is 5.78 Å². The van der Waals surface area contributed by atoms with Gasteiger partial charge in [0.05, 0.1) is 0 Å². The van der Waals surface area contributed by atoms with Crippen molar-refractivity contribution in [2.75, 3.05) is 7.11 Å². The maximum absolute atomic E-state index is 10.9. The van der Waals surface area contributed by atoms with Crippen molar-refractivity contribution in [1.29, 1.82) is 0 Å². The molecule has 0 radical (unpaired) electrons. The normalized spacial score (nSPS) is 11.2. The Morgan fingerprint density at radius 3 is 1.80 bits per heavy atom. The molecule has 3 nitrogen and oxygen atoms in total. The van der Waals surface area contributed by atoms with Gasteiger partial charge in [-0.3, -0.25) is 9.59 Å². The van der Waals surface area contributed by atoms with Crippen LogP contribution in [0.1, 0.15) is 20.8 Å². The number of carbonyl (C=O) groups is 2. The average Bonchev–Trinajstić information content (AvgIpc) is 1.86. The number of Topliss-reactive ketones (excluding diaryl/α,β-unsaturated/α-hetero) is 2. The van der Waals surface area contributed by atoms with Gasteiger partial charge in [0.15, 0.2) is 5.78 Å². The number of rotatable bonds is 3. The molecular formula is C7H12O3. The first-order valence-electron chi connectivity index (χ1n) is 3.02. The van der Waals surface area contributed by atoms with Crippen LogP contribution in [0, 0.1) is 0 Å². The molecule has 58 valence electrons. The first-order valence-corrected chi connectivity index (χ1v) is 3.02. The number of hydrogen-bond acceptors (Lipinski definition) is 3. The summed E-state index contributed by atoms with van der Waals surface area (Å²) in [6.45, 7) is 4.37. The second-order valence-corrected chi connectivity index (χ2v) is 2.60. The van der Waals surface area contributed by atoms with Crippen LogP contribution in [0.4, 0.5) is 0 Å². The smallest absolute Gasteiger partial charge is 0.229 e. The van der Waals surface area contributed by atoms with E-state index in [1.165, 1.54) is 14.0 Å². The fourth-order valence-electron chi connectivity index (χ4n) is 0.517. The predicted molar refractivity (Wildman–Crippen MR) is 36.8 cm³/mol. The zero-order chi connectivity index (χ0) is 8.36. The van der Waals surface area contributed by atoms with Crippen molar-refractivity contribution in [2.24, 2.45) is 0 Å². The Hall–Kier alpha value is -0.700. The van der Waals surface area contributed by atoms with Gasteiger partial charge in [0.25, 0.3) is 0 Å². The lowest BCUT2D eigenvalue weighted by Gasteiger charge is -2.18. The fourth-order valence-corrected chi connectivity index (χ4v) is 0.517. The highest BCUT2D eigenvalue weighted by Crippen LogP contribution is 2.08. The van der Waals surface area contributed by atoms with E-state index in [0.717, 1.165) is 0 Å². The van der Waals surface area contributed by atoms with Gasteiger partial charge in [-0.2, -0.15) is 0 Å². The summed E-state index contributed by atoms with van der Waals surface area (Å²) in [5, 5.41) is 0. The lowest BCUT2D eigenvalue weighted by atomic mass is 10.0. The maximum Gasteiger partial charge on any atom is 0.229 e. The van der Waals surface area contributed by atoms with Crippen molar-refractivity contribution in [3.05, 3.63) is 0 Å². The standard InChI is InChI=1S/C7H12O3/c1-5(8)6(9)7(2,3)10-4/h1-4H3. The lowest BCUT2D eigenvalue weighted by Crippen LogP contribution is -2.37. The van der Waals surface area contributed by atoms with Crippen molar-refractivity contribution in [1.82, 2.24) is 0 Å². The highest BCUT2D eigenvalue weighted by atomic mass is 16.5. The molecule has 3 heteroatoms. The fraction of sp³-hybridized carbons (Fsp3) is 0.714. The Balaban J connectivity index is 4.33. The summed E-state index contributed by atoms with van der Waals surface area (Å²) < 4.78 is 4.79. The quantitative estimate of drug-likeness (QED) is 0.544. The highest BCUT2D eigenvalue weighted by molar-refractivity contribution is 6.39. The molecular weight excluding hydrogens is 132 g/mol. The minimum absolute atomic E-state index is 0.466. The van der Waals surface area contributed by atoms with E-state index in [2.05, 4.69) is 0 Å². The molecule has 0 saturated heterocycles. The molecule has 0 N–H and O–H groups in total. The van der Waals surface area contributed by atoms with Gasteiger partial charge in [-0.05, 0) is 13.8 Å². The molecule has 0 aromatic carbocycles. The van der Waals surface area contributed by atoms with Crippen LogP contribution >= 0.6 is 0 Å². The van der Waals surface area contributed by atoms with Gasteiger partial charge in [0, 0.05) is 14.0 Å². The number of methoxy groups -OCH3 is 1. The van der Waals surface area contributed by atoms with Crippen LogP contribution in [0.3, 0.4) is 0 Å². The van der Waals surface area contributed by atoms with Crippen molar-refractivity contribution in [3.8, 4) is 0 Å². The molecule has 0 aromatic heterocycles. The van der Waals surface area contributed by atoms with E-state index in [0.29, 0.717) is 0 Å². The number of ether oxygens (including phenoxy) is 1. The van der Waals surface area contributed by atoms with Crippen LogP contribution in [0.5, 0.6) is 0 Å². The van der Waals surface area contributed by atoms with Crippen LogP contribution in [0.2, 0.25) is 0 Å². The van der Waals surface area contributed by atoms with Crippen molar-refractivity contribution >= 4 is 11.6 Å². The molecule has 0 aromatic rings. The highest BCUT2D eigenvalue weighted by Gasteiger charge is 2.29. The zero-order valence-electron chi connectivity index (χ0n) is 6.72. The van der Waals surface area contributed by atoms with Crippen LogP contribution < -0.4 is 0 Å². The summed E-state index contributed by atoms with van der Waals surface area (Å²) in [4.78, 5) is 21.4. The second kappa shape index (κ2) is 2.92. The summed E-state index contributed by atoms with van der Waals surface area (Å²) in [5.74, 6) is -0.957. The first-order chi connectivity index (χ1) is 4.41. The molecule has 0 unspecified atom stereocenters. The molecule has 0 rings (SSSR count). The third-order valence-corrected chi connectivity index (χ3v) is 1.38. The molecule has 10 heavy (non-hydrogen) atoms. The van der Waals surface area contributed by atoms with E-state index in [4.69, 9.17) is 4.74 Å². The average molecular weight is 144 g/mol. The molecule has 0 atom stereocenters. The second-order valence-electron chi connectivity index (χ2n) is 2.60. The molecule has 0 fully saturated rings. The van der Waals surface area contributed by atoms with Gasteiger partial charge >= 0.3 is 0 Å². The minimum Gasteiger partial charge on any atom is -0.371 e.